The summed E-state index contributed by atoms with van der Waals surface area (Å²) in [4.78, 5) is 5.40. The second kappa shape index (κ2) is 7.92. The maximum atomic E-state index is 6.01. The lowest BCUT2D eigenvalue weighted by Crippen LogP contribution is -2.19. The molecule has 0 aliphatic rings. The van der Waals surface area contributed by atoms with Gasteiger partial charge in [0, 0.05) is 18.3 Å². The first kappa shape index (κ1) is 16.5. The number of benzene rings is 1. The van der Waals surface area contributed by atoms with Crippen LogP contribution in [0.4, 0.5) is 0 Å². The molecule has 1 N–H and O–H groups in total. The summed E-state index contributed by atoms with van der Waals surface area (Å²) in [5.41, 5.74) is 1.17. The third-order valence-corrected chi connectivity index (χ3v) is 4.46. The number of nitrogens with zero attached hydrogens (tertiary/aromatic N) is 1. The van der Waals surface area contributed by atoms with Crippen LogP contribution in [0.3, 0.4) is 0 Å². The van der Waals surface area contributed by atoms with Crippen LogP contribution in [0.2, 0.25) is 0 Å². The number of nitrogens with one attached hydrogen (secondary N) is 1. The summed E-state index contributed by atoms with van der Waals surface area (Å²) in [6.07, 6.45) is 1.88. The molecule has 0 spiro atoms. The van der Waals surface area contributed by atoms with Gasteiger partial charge in [-0.1, -0.05) is 26.0 Å². The molecule has 2 rings (SSSR count). The van der Waals surface area contributed by atoms with E-state index in [1.807, 2.05) is 25.3 Å². The Morgan fingerprint density at radius 1 is 1.38 bits per heavy atom. The van der Waals surface area contributed by atoms with E-state index in [0.29, 0.717) is 12.5 Å². The van der Waals surface area contributed by atoms with E-state index in [2.05, 4.69) is 46.1 Å². The van der Waals surface area contributed by atoms with E-state index in [1.54, 1.807) is 11.3 Å². The predicted molar refractivity (Wildman–Crippen MR) is 91.9 cm³/mol. The quantitative estimate of drug-likeness (QED) is 0.778. The molecule has 0 aliphatic heterocycles. The molecule has 0 saturated heterocycles. The maximum Gasteiger partial charge on any atom is 0.138 e. The lowest BCUT2D eigenvalue weighted by atomic mass is 10.2. The molecule has 0 saturated carbocycles. The SMILES string of the molecule is Cc1ncc(COc2c(Br)cccc2CNCC(C)C)s1. The van der Waals surface area contributed by atoms with Crippen LogP contribution in [0.5, 0.6) is 5.75 Å². The molecule has 1 aromatic carbocycles. The van der Waals surface area contributed by atoms with Crippen molar-refractivity contribution in [2.24, 2.45) is 5.92 Å². The minimum Gasteiger partial charge on any atom is -0.486 e. The molecule has 1 aromatic heterocycles. The number of hydrogen-bond acceptors (Lipinski definition) is 4. The Kier molecular flexibility index (Phi) is 6.21. The highest BCUT2D eigenvalue weighted by Crippen LogP contribution is 2.30. The van der Waals surface area contributed by atoms with Gasteiger partial charge in [0.15, 0.2) is 0 Å². The molecule has 0 amide bonds. The van der Waals surface area contributed by atoms with Gasteiger partial charge >= 0.3 is 0 Å². The summed E-state index contributed by atoms with van der Waals surface area (Å²) in [5.74, 6) is 1.56. The zero-order chi connectivity index (χ0) is 15.2. The Hall–Kier alpha value is -0.910. The number of rotatable bonds is 7. The van der Waals surface area contributed by atoms with Gasteiger partial charge < -0.3 is 10.1 Å². The molecule has 5 heteroatoms. The van der Waals surface area contributed by atoms with Crippen molar-refractivity contribution in [3.63, 3.8) is 0 Å². The molecule has 0 aliphatic carbocycles. The number of aromatic nitrogens is 1. The second-order valence-corrected chi connectivity index (χ2v) is 7.56. The summed E-state index contributed by atoms with van der Waals surface area (Å²) in [6, 6.07) is 6.16. The van der Waals surface area contributed by atoms with Crippen molar-refractivity contribution in [2.45, 2.75) is 33.9 Å². The summed E-state index contributed by atoms with van der Waals surface area (Å²) < 4.78 is 7.00. The standard InChI is InChI=1S/C16H21BrN2OS/c1-11(2)7-18-8-13-5-4-6-15(17)16(13)20-10-14-9-19-12(3)21-14/h4-6,9,11,18H,7-8,10H2,1-3H3. The van der Waals surface area contributed by atoms with Crippen LogP contribution in [0.25, 0.3) is 0 Å². The summed E-state index contributed by atoms with van der Waals surface area (Å²) in [5, 5.41) is 4.53. The first-order chi connectivity index (χ1) is 10.1. The van der Waals surface area contributed by atoms with Crippen LogP contribution in [0.15, 0.2) is 28.9 Å². The van der Waals surface area contributed by atoms with Gasteiger partial charge in [-0.25, -0.2) is 4.98 Å². The normalized spacial score (nSPS) is 11.1. The van der Waals surface area contributed by atoms with Gasteiger partial charge in [0.2, 0.25) is 0 Å². The first-order valence-electron chi connectivity index (χ1n) is 7.08. The predicted octanol–water partition coefficient (Wildman–Crippen LogP) is 4.54. The highest BCUT2D eigenvalue weighted by atomic mass is 79.9. The van der Waals surface area contributed by atoms with Crippen LogP contribution in [-0.2, 0) is 13.2 Å². The highest BCUT2D eigenvalue weighted by molar-refractivity contribution is 9.10. The van der Waals surface area contributed by atoms with Crippen molar-refractivity contribution >= 4 is 27.3 Å². The summed E-state index contributed by atoms with van der Waals surface area (Å²) >= 11 is 5.26. The molecule has 21 heavy (non-hydrogen) atoms. The van der Waals surface area contributed by atoms with Gasteiger partial charge in [0.1, 0.15) is 12.4 Å². The van der Waals surface area contributed by atoms with Crippen molar-refractivity contribution < 1.29 is 4.74 Å². The number of hydrogen-bond donors (Lipinski definition) is 1. The molecule has 0 unspecified atom stereocenters. The third kappa shape index (κ3) is 5.09. The molecule has 3 nitrogen and oxygen atoms in total. The average Bonchev–Trinajstić information content (AvgIpc) is 2.83. The fourth-order valence-corrected chi connectivity index (χ4v) is 3.20. The van der Waals surface area contributed by atoms with E-state index in [4.69, 9.17) is 4.74 Å². The fraction of sp³-hybridized carbons (Fsp3) is 0.438. The van der Waals surface area contributed by atoms with Gasteiger partial charge in [-0.15, -0.1) is 11.3 Å². The number of thiazole rings is 1. The van der Waals surface area contributed by atoms with E-state index in [9.17, 15) is 0 Å². The van der Waals surface area contributed by atoms with Crippen molar-refractivity contribution in [1.82, 2.24) is 10.3 Å². The largest absolute Gasteiger partial charge is 0.486 e. The number of ether oxygens (including phenoxy) is 1. The fourth-order valence-electron chi connectivity index (χ4n) is 1.97. The Morgan fingerprint density at radius 2 is 2.19 bits per heavy atom. The molecule has 0 fully saturated rings. The van der Waals surface area contributed by atoms with Crippen molar-refractivity contribution in [3.8, 4) is 5.75 Å². The van der Waals surface area contributed by atoms with Gasteiger partial charge in [0.25, 0.3) is 0 Å². The number of aryl methyl sites for hydroxylation is 1. The van der Waals surface area contributed by atoms with E-state index in [-0.39, 0.29) is 0 Å². The molecular formula is C16H21BrN2OS. The lowest BCUT2D eigenvalue weighted by Gasteiger charge is -2.14. The van der Waals surface area contributed by atoms with E-state index in [1.165, 1.54) is 5.56 Å². The van der Waals surface area contributed by atoms with Crippen LogP contribution in [-0.4, -0.2) is 11.5 Å². The molecule has 0 bridgehead atoms. The summed E-state index contributed by atoms with van der Waals surface area (Å²) in [7, 11) is 0. The second-order valence-electron chi connectivity index (χ2n) is 5.39. The Bertz CT molecular complexity index is 583. The first-order valence-corrected chi connectivity index (χ1v) is 8.69. The molecule has 1 heterocycles. The van der Waals surface area contributed by atoms with Crippen LogP contribution >= 0.6 is 27.3 Å². The maximum absolute atomic E-state index is 6.01. The Morgan fingerprint density at radius 3 is 2.86 bits per heavy atom. The van der Waals surface area contributed by atoms with E-state index >= 15 is 0 Å². The van der Waals surface area contributed by atoms with Crippen molar-refractivity contribution in [1.29, 1.82) is 0 Å². The van der Waals surface area contributed by atoms with Crippen LogP contribution in [0.1, 0.15) is 29.3 Å². The molecule has 0 atom stereocenters. The van der Waals surface area contributed by atoms with Gasteiger partial charge in [0.05, 0.1) is 14.4 Å². The average molecular weight is 369 g/mol. The number of halogens is 1. The molecule has 2 aromatic rings. The van der Waals surface area contributed by atoms with Gasteiger partial charge in [-0.3, -0.25) is 0 Å². The van der Waals surface area contributed by atoms with Crippen molar-refractivity contribution in [2.75, 3.05) is 6.54 Å². The van der Waals surface area contributed by atoms with Crippen molar-refractivity contribution in [3.05, 3.63) is 44.3 Å². The van der Waals surface area contributed by atoms with Gasteiger partial charge in [-0.2, -0.15) is 0 Å². The minimum absolute atomic E-state index is 0.561. The zero-order valence-corrected chi connectivity index (χ0v) is 15.1. The Labute approximate surface area is 138 Å². The van der Waals surface area contributed by atoms with E-state index < -0.39 is 0 Å². The summed E-state index contributed by atoms with van der Waals surface area (Å²) in [6.45, 7) is 8.79. The topological polar surface area (TPSA) is 34.1 Å². The number of para-hydroxylation sites is 1. The van der Waals surface area contributed by atoms with Gasteiger partial charge in [-0.05, 0) is 41.4 Å². The smallest absolute Gasteiger partial charge is 0.138 e. The Balaban J connectivity index is 2.02. The molecular weight excluding hydrogens is 348 g/mol. The highest BCUT2D eigenvalue weighted by Gasteiger charge is 2.09. The molecule has 114 valence electrons. The lowest BCUT2D eigenvalue weighted by molar-refractivity contribution is 0.303. The zero-order valence-electron chi connectivity index (χ0n) is 12.6. The van der Waals surface area contributed by atoms with Crippen LogP contribution < -0.4 is 10.1 Å². The van der Waals surface area contributed by atoms with Crippen LogP contribution in [0, 0.1) is 12.8 Å². The minimum atomic E-state index is 0.561. The monoisotopic (exact) mass is 368 g/mol. The van der Waals surface area contributed by atoms with E-state index in [0.717, 1.165) is 33.2 Å². The third-order valence-electron chi connectivity index (χ3n) is 2.94. The molecule has 0 radical (unpaired) electrons.